The first-order valence-electron chi connectivity index (χ1n) is 8.10. The fourth-order valence-corrected chi connectivity index (χ4v) is 3.22. The highest BCUT2D eigenvalue weighted by atomic mass is 35.5. The van der Waals surface area contributed by atoms with Gasteiger partial charge in [0.15, 0.2) is 11.5 Å². The Kier molecular flexibility index (Phi) is 3.85. The van der Waals surface area contributed by atoms with E-state index >= 15 is 0 Å². The number of rotatable bonds is 4. The van der Waals surface area contributed by atoms with E-state index in [2.05, 4.69) is 5.32 Å². The third-order valence-electron chi connectivity index (χ3n) is 4.64. The number of carbonyl (C=O) groups is 1. The minimum Gasteiger partial charge on any atom is -0.486 e. The summed E-state index contributed by atoms with van der Waals surface area (Å²) in [5.41, 5.74) is 1.64. The number of carbonyl (C=O) groups excluding carboxylic acids is 1. The van der Waals surface area contributed by atoms with Crippen molar-refractivity contribution in [3.05, 3.63) is 58.6 Å². The van der Waals surface area contributed by atoms with Gasteiger partial charge in [0, 0.05) is 11.6 Å². The SMILES string of the molecule is O=C(NCc1ccc2c(c1)OCCO2)C1(c2ccc(Cl)cc2)CC1. The normalized spacial score (nSPS) is 17.2. The maximum absolute atomic E-state index is 12.7. The monoisotopic (exact) mass is 343 g/mol. The Morgan fingerprint density at radius 1 is 1.04 bits per heavy atom. The van der Waals surface area contributed by atoms with Crippen LogP contribution >= 0.6 is 11.6 Å². The van der Waals surface area contributed by atoms with Crippen LogP contribution in [-0.2, 0) is 16.8 Å². The Hall–Kier alpha value is -2.20. The number of hydrogen-bond donors (Lipinski definition) is 1. The number of halogens is 1. The molecule has 1 aliphatic heterocycles. The maximum atomic E-state index is 12.7. The molecule has 1 N–H and O–H groups in total. The number of benzene rings is 2. The molecule has 1 heterocycles. The first-order chi connectivity index (χ1) is 11.7. The highest BCUT2D eigenvalue weighted by Crippen LogP contribution is 2.48. The van der Waals surface area contributed by atoms with Gasteiger partial charge < -0.3 is 14.8 Å². The van der Waals surface area contributed by atoms with Gasteiger partial charge in [-0.1, -0.05) is 29.8 Å². The smallest absolute Gasteiger partial charge is 0.230 e. The zero-order chi connectivity index (χ0) is 16.6. The number of ether oxygens (including phenoxy) is 2. The number of fused-ring (bicyclic) bond motifs is 1. The second kappa shape index (κ2) is 6.02. The Morgan fingerprint density at radius 2 is 1.75 bits per heavy atom. The van der Waals surface area contributed by atoms with Gasteiger partial charge in [-0.15, -0.1) is 0 Å². The number of amides is 1. The van der Waals surface area contributed by atoms with Crippen LogP contribution in [0.4, 0.5) is 0 Å². The molecule has 0 radical (unpaired) electrons. The van der Waals surface area contributed by atoms with Crippen LogP contribution < -0.4 is 14.8 Å². The fraction of sp³-hybridized carbons (Fsp3) is 0.316. The summed E-state index contributed by atoms with van der Waals surface area (Å²) in [5, 5.41) is 3.74. The van der Waals surface area contributed by atoms with E-state index in [4.69, 9.17) is 21.1 Å². The van der Waals surface area contributed by atoms with Crippen molar-refractivity contribution in [1.82, 2.24) is 5.32 Å². The molecular formula is C19H18ClNO3. The highest BCUT2D eigenvalue weighted by Gasteiger charge is 2.51. The van der Waals surface area contributed by atoms with Gasteiger partial charge in [0.05, 0.1) is 5.41 Å². The first-order valence-corrected chi connectivity index (χ1v) is 8.48. The van der Waals surface area contributed by atoms with E-state index in [-0.39, 0.29) is 5.91 Å². The minimum atomic E-state index is -0.390. The van der Waals surface area contributed by atoms with Crippen LogP contribution in [0.15, 0.2) is 42.5 Å². The lowest BCUT2D eigenvalue weighted by Crippen LogP contribution is -2.34. The summed E-state index contributed by atoms with van der Waals surface area (Å²) in [7, 11) is 0. The Balaban J connectivity index is 1.44. The predicted octanol–water partition coefficient (Wildman–Crippen LogP) is 3.46. The van der Waals surface area contributed by atoms with Gasteiger partial charge in [-0.3, -0.25) is 4.79 Å². The summed E-state index contributed by atoms with van der Waals surface area (Å²) >= 11 is 5.94. The summed E-state index contributed by atoms with van der Waals surface area (Å²) in [6, 6.07) is 13.3. The van der Waals surface area contributed by atoms with Crippen LogP contribution in [0.2, 0.25) is 5.02 Å². The molecule has 1 fully saturated rings. The van der Waals surface area contributed by atoms with Gasteiger partial charge in [-0.25, -0.2) is 0 Å². The van der Waals surface area contributed by atoms with Crippen LogP contribution in [0, 0.1) is 0 Å². The van der Waals surface area contributed by atoms with Crippen molar-refractivity contribution < 1.29 is 14.3 Å². The molecule has 0 aromatic heterocycles. The molecule has 1 saturated carbocycles. The van der Waals surface area contributed by atoms with Gasteiger partial charge in [-0.05, 0) is 48.2 Å². The van der Waals surface area contributed by atoms with E-state index in [1.165, 1.54) is 0 Å². The van der Waals surface area contributed by atoms with Crippen molar-refractivity contribution in [2.45, 2.75) is 24.8 Å². The molecule has 0 atom stereocenters. The summed E-state index contributed by atoms with van der Waals surface area (Å²) in [6.45, 7) is 1.61. The summed E-state index contributed by atoms with van der Waals surface area (Å²) < 4.78 is 11.1. The van der Waals surface area contributed by atoms with Crippen molar-refractivity contribution in [3.8, 4) is 11.5 Å². The average molecular weight is 344 g/mol. The zero-order valence-electron chi connectivity index (χ0n) is 13.2. The summed E-state index contributed by atoms with van der Waals surface area (Å²) in [6.07, 6.45) is 1.75. The van der Waals surface area contributed by atoms with Gasteiger partial charge >= 0.3 is 0 Å². The van der Waals surface area contributed by atoms with E-state index in [0.29, 0.717) is 24.8 Å². The van der Waals surface area contributed by atoms with Crippen LogP contribution in [0.25, 0.3) is 0 Å². The predicted molar refractivity (Wildman–Crippen MR) is 91.6 cm³/mol. The van der Waals surface area contributed by atoms with Crippen molar-refractivity contribution in [2.75, 3.05) is 13.2 Å². The van der Waals surface area contributed by atoms with E-state index in [0.717, 1.165) is 35.5 Å². The largest absolute Gasteiger partial charge is 0.486 e. The molecule has 0 spiro atoms. The van der Waals surface area contributed by atoms with Crippen molar-refractivity contribution in [3.63, 3.8) is 0 Å². The van der Waals surface area contributed by atoms with Crippen LogP contribution in [-0.4, -0.2) is 19.1 Å². The lowest BCUT2D eigenvalue weighted by Gasteiger charge is -2.19. The van der Waals surface area contributed by atoms with Crippen molar-refractivity contribution in [2.24, 2.45) is 0 Å². The van der Waals surface area contributed by atoms with Crippen LogP contribution in [0.5, 0.6) is 11.5 Å². The Morgan fingerprint density at radius 3 is 2.46 bits per heavy atom. The molecule has 24 heavy (non-hydrogen) atoms. The average Bonchev–Trinajstić information content (AvgIpc) is 3.42. The second-order valence-electron chi connectivity index (χ2n) is 6.25. The molecule has 0 saturated heterocycles. The zero-order valence-corrected chi connectivity index (χ0v) is 13.9. The first kappa shape index (κ1) is 15.3. The van der Waals surface area contributed by atoms with Crippen molar-refractivity contribution in [1.29, 1.82) is 0 Å². The maximum Gasteiger partial charge on any atom is 0.230 e. The molecule has 4 nitrogen and oxygen atoms in total. The highest BCUT2D eigenvalue weighted by molar-refractivity contribution is 6.30. The van der Waals surface area contributed by atoms with Gasteiger partial charge in [0.1, 0.15) is 13.2 Å². The molecule has 0 unspecified atom stereocenters. The molecule has 5 heteroatoms. The number of nitrogens with one attached hydrogen (secondary N) is 1. The molecule has 2 aliphatic rings. The third kappa shape index (κ3) is 2.82. The topological polar surface area (TPSA) is 47.6 Å². The molecular weight excluding hydrogens is 326 g/mol. The molecule has 124 valence electrons. The molecule has 1 aliphatic carbocycles. The molecule has 4 rings (SSSR count). The van der Waals surface area contributed by atoms with Crippen molar-refractivity contribution >= 4 is 17.5 Å². The second-order valence-corrected chi connectivity index (χ2v) is 6.69. The van der Waals surface area contributed by atoms with Gasteiger partial charge in [-0.2, -0.15) is 0 Å². The van der Waals surface area contributed by atoms with Crippen LogP contribution in [0.1, 0.15) is 24.0 Å². The lowest BCUT2D eigenvalue weighted by molar-refractivity contribution is -0.123. The lowest BCUT2D eigenvalue weighted by atomic mass is 9.95. The standard InChI is InChI=1S/C19H18ClNO3/c20-15-4-2-14(3-5-15)19(7-8-19)18(22)21-12-13-1-6-16-17(11-13)24-10-9-23-16/h1-6,11H,7-10,12H2,(H,21,22). The van der Waals surface area contributed by atoms with E-state index < -0.39 is 5.41 Å². The third-order valence-corrected chi connectivity index (χ3v) is 4.89. The number of hydrogen-bond acceptors (Lipinski definition) is 3. The minimum absolute atomic E-state index is 0.0692. The quantitative estimate of drug-likeness (QED) is 0.924. The summed E-state index contributed by atoms with van der Waals surface area (Å²) in [5.74, 6) is 1.57. The molecule has 0 bridgehead atoms. The molecule has 2 aromatic rings. The molecule has 1 amide bonds. The van der Waals surface area contributed by atoms with Gasteiger partial charge in [0.25, 0.3) is 0 Å². The van der Waals surface area contributed by atoms with E-state index in [1.807, 2.05) is 42.5 Å². The Labute approximate surface area is 145 Å². The Bertz CT molecular complexity index is 769. The molecule has 2 aromatic carbocycles. The van der Waals surface area contributed by atoms with Crippen LogP contribution in [0.3, 0.4) is 0 Å². The summed E-state index contributed by atoms with van der Waals surface area (Å²) in [4.78, 5) is 12.7. The fourth-order valence-electron chi connectivity index (χ4n) is 3.09. The van der Waals surface area contributed by atoms with Gasteiger partial charge in [0.2, 0.25) is 5.91 Å². The van der Waals surface area contributed by atoms with E-state index in [9.17, 15) is 4.79 Å². The van der Waals surface area contributed by atoms with E-state index in [1.54, 1.807) is 0 Å².